The van der Waals surface area contributed by atoms with Crippen LogP contribution in [0.5, 0.6) is 0 Å². The summed E-state index contributed by atoms with van der Waals surface area (Å²) in [5.41, 5.74) is 19.7. The summed E-state index contributed by atoms with van der Waals surface area (Å²) in [5.74, 6) is -17.5. The molecule has 43 nitrogen and oxygen atoms in total. The van der Waals surface area contributed by atoms with Gasteiger partial charge in [0.15, 0.2) is 5.96 Å². The summed E-state index contributed by atoms with van der Waals surface area (Å²) >= 11 is 0.773. The minimum absolute atomic E-state index is 0.0131. The number of benzene rings is 3. The Morgan fingerprint density at radius 3 is 1.73 bits per heavy atom. The number of primary amides is 2. The molecule has 136 heavy (non-hydrogen) atoms. The summed E-state index contributed by atoms with van der Waals surface area (Å²) in [6.07, 6.45) is 1.89. The van der Waals surface area contributed by atoms with Gasteiger partial charge >= 0.3 is 0 Å². The number of aliphatic hydroxyl groups excluding tert-OH is 3. The Morgan fingerprint density at radius 1 is 0.581 bits per heavy atom. The molecule has 3 aromatic heterocycles. The van der Waals surface area contributed by atoms with Crippen LogP contribution < -0.4 is 75.7 Å². The van der Waals surface area contributed by atoms with Gasteiger partial charge in [-0.05, 0) is 112 Å². The van der Waals surface area contributed by atoms with Crippen LogP contribution in [0.25, 0.3) is 21.8 Å². The average Bonchev–Trinajstić information content (AvgIpc) is 1.53. The number of unbranched alkanes of at least 4 members (excludes halogenated alkanes) is 2. The van der Waals surface area contributed by atoms with E-state index in [2.05, 4.69) is 78.4 Å². The number of rotatable bonds is 26. The third-order valence-corrected chi connectivity index (χ3v) is 25.5. The average molecular weight is 1910 g/mol. The minimum Gasteiger partial charge on any atom is -0.394 e. The van der Waals surface area contributed by atoms with Gasteiger partial charge in [-0.3, -0.25) is 87.0 Å². The number of carbonyl (C=O) groups excluding carboxylic acids is 16. The zero-order valence-corrected chi connectivity index (χ0v) is 78.4. The molecule has 0 spiro atoms. The van der Waals surface area contributed by atoms with Crippen molar-refractivity contribution < 1.29 is 96.4 Å². The summed E-state index contributed by atoms with van der Waals surface area (Å²) in [6, 6.07) is -2.57. The van der Waals surface area contributed by atoms with E-state index in [4.69, 9.17) is 22.6 Å². The molecule has 16 atom stereocenters. The molecule has 6 heterocycles. The van der Waals surface area contributed by atoms with Gasteiger partial charge in [-0.2, -0.15) is 0 Å². The van der Waals surface area contributed by atoms with E-state index in [9.17, 15) is 58.1 Å². The molecule has 3 aromatic carbocycles. The van der Waals surface area contributed by atoms with Crippen LogP contribution in [0.4, 0.5) is 4.39 Å². The van der Waals surface area contributed by atoms with E-state index < -0.39 is 247 Å². The number of nitrogens with one attached hydrogen (secondary N) is 15. The van der Waals surface area contributed by atoms with Gasteiger partial charge < -0.3 is 126 Å². The van der Waals surface area contributed by atoms with Crippen LogP contribution >= 0.6 is 11.8 Å². The number of guanidine groups is 1. The lowest BCUT2D eigenvalue weighted by Gasteiger charge is -2.36. The zero-order chi connectivity index (χ0) is 99.3. The lowest BCUT2D eigenvalue weighted by molar-refractivity contribution is -0.149. The number of likely N-dealkylation sites (N-methyl/N-ethyl adjacent to an activating group) is 3. The Labute approximate surface area is 790 Å². The Kier molecular flexibility index (Phi) is 39.9. The van der Waals surface area contributed by atoms with Crippen molar-refractivity contribution in [3.05, 3.63) is 126 Å². The standard InChI is InChI=1S/C91H129FN24O19S/c1-9-11-24-70-83(128)104-61(23-17-31-98-91(95)96)79(124)111-69(78(123)101-43-75(94)120)46-136-47-76(121)103-65(34-51-27-29-54(92)30-28-51)86(131)112(6)50(5)77(122)107-67(39-74(93)119)88(133)115-32-18-26-71(115)84(129)106-63(37-55-42-97-48-102-55)81(126)108-64(33-49(3)4)89(134)116-44-56(118)38-73(116)85(130)105-62(35-52-40-99-59-21-15-13-19-57(52)59)80(125)110-68(45-117)82(127)109-66(36-53-41-100-60-22-16-14-20-58(53)60)87(132)114(8)72(25-12-10-2)90(135)113(70)7/h13-16,19-22,27-30,40-42,48-50,56,61-73,86,99-100,117-118,131H,9-12,17-18,23-26,31-39,43-47H2,1-8H3,(H2,93,119)(H2,94,120)(H,97,102)(H,101,123)(H,103,121)(H,104,128)(H,105,130)(H,106,129)(H,107,122)(H,108,126)(H,109,127)(H,110,125)(H,111,124)(H4,95,96,98)/t50-,56+,61-,62-,63-,64-,65?,66-,67?,68-,69-,70-,71-,72-,73?,86?/m0/s1. The van der Waals surface area contributed by atoms with E-state index in [1.165, 1.54) is 52.7 Å². The number of nitrogens with zero attached hydrogens (tertiary/aromatic N) is 6. The maximum Gasteiger partial charge on any atom is 0.246 e. The van der Waals surface area contributed by atoms with Gasteiger partial charge in [0.2, 0.25) is 94.5 Å². The number of nitrogens with two attached hydrogens (primary N) is 3. The highest BCUT2D eigenvalue weighted by Gasteiger charge is 2.47. The molecule has 16 amide bonds. The Morgan fingerprint density at radius 2 is 1.13 bits per heavy atom. The van der Waals surface area contributed by atoms with E-state index in [0.717, 1.165) is 48.4 Å². The number of aromatic nitrogens is 4. The number of hydrogen-bond donors (Lipinski definition) is 21. The number of H-pyrrole nitrogens is 3. The molecule has 0 saturated carbocycles. The van der Waals surface area contributed by atoms with Gasteiger partial charge in [0, 0.05) is 111 Å². The quantitative estimate of drug-likeness (QED) is 0.0149. The van der Waals surface area contributed by atoms with Crippen LogP contribution in [-0.2, 0) is 102 Å². The predicted octanol–water partition coefficient (Wildman–Crippen LogP) is -2.70. The molecular formula is C91H129FN24O19S. The number of carbonyl (C=O) groups is 16. The minimum atomic E-state index is -1.90. The monoisotopic (exact) mass is 1910 g/mol. The van der Waals surface area contributed by atoms with E-state index in [1.54, 1.807) is 74.8 Å². The molecule has 6 aromatic rings. The SMILES string of the molecule is CCCC[C@H]1C(=O)N(C)[C@@H](CCCC)C(=O)N[C@@H](CCCNC(=N)N)C(=O)N[C@H](C(=O)NCC(N)=O)CSCC(=O)NC(Cc2ccc(F)cc2)C(O)N(C)[C@@H](C)C(=O)NC(CC(N)=O)C(=O)N2CCC[C@H]2C(=O)N[C@@H](Cc2cnc[nH]2)C(=O)N[C@@H](CC(C)C)C(=O)N2C[C@H](O)CC2C(=O)N[C@@H](Cc2c[nH]c3ccccc23)C(=O)N[C@@H](CO)C(=O)N[C@@H](Cc2c[nH]c3ccccc23)C(=O)N1C. The van der Waals surface area contributed by atoms with Crippen LogP contribution in [0.1, 0.15) is 140 Å². The number of aliphatic hydroxyl groups is 3. The maximum atomic E-state index is 15.8. The molecule has 45 heteroatoms. The van der Waals surface area contributed by atoms with Gasteiger partial charge in [-0.25, -0.2) is 9.37 Å². The molecule has 24 N–H and O–H groups in total. The fourth-order valence-electron chi connectivity index (χ4n) is 16.9. The second-order valence-electron chi connectivity index (χ2n) is 35.1. The smallest absolute Gasteiger partial charge is 0.246 e. The highest BCUT2D eigenvalue weighted by Crippen LogP contribution is 2.28. The van der Waals surface area contributed by atoms with E-state index >= 15 is 38.4 Å². The Balaban J connectivity index is 1.10. The maximum absolute atomic E-state index is 15.8. The molecule has 4 unspecified atom stereocenters. The van der Waals surface area contributed by atoms with E-state index in [0.29, 0.717) is 69.9 Å². The van der Waals surface area contributed by atoms with Crippen molar-refractivity contribution in [1.29, 1.82) is 5.41 Å². The molecule has 740 valence electrons. The van der Waals surface area contributed by atoms with Crippen molar-refractivity contribution in [2.75, 3.05) is 65.4 Å². The first-order valence-corrected chi connectivity index (χ1v) is 46.8. The van der Waals surface area contributed by atoms with Gasteiger partial charge in [0.25, 0.3) is 0 Å². The summed E-state index contributed by atoms with van der Waals surface area (Å²) < 4.78 is 14.4. The second-order valence-corrected chi connectivity index (χ2v) is 36.2. The Bertz CT molecular complexity index is 5200. The molecule has 3 saturated heterocycles. The number of fused-ring (bicyclic) bond motifs is 4. The zero-order valence-electron chi connectivity index (χ0n) is 77.6. The van der Waals surface area contributed by atoms with Gasteiger partial charge in [0.1, 0.15) is 84.5 Å². The molecular weight excluding hydrogens is 1780 g/mol. The Hall–Kier alpha value is -13.1. The summed E-state index contributed by atoms with van der Waals surface area (Å²) in [5, 5.41) is 73.3. The van der Waals surface area contributed by atoms with Crippen molar-refractivity contribution in [2.45, 2.75) is 241 Å². The van der Waals surface area contributed by atoms with E-state index in [-0.39, 0.29) is 89.6 Å². The highest BCUT2D eigenvalue weighted by molar-refractivity contribution is 8.00. The molecule has 0 radical (unpaired) electrons. The topological polar surface area (TPSA) is 645 Å². The first kappa shape index (κ1) is 107. The van der Waals surface area contributed by atoms with Crippen molar-refractivity contribution in [2.24, 2.45) is 23.1 Å². The van der Waals surface area contributed by atoms with Crippen molar-refractivity contribution in [3.8, 4) is 0 Å². The first-order valence-electron chi connectivity index (χ1n) is 45.7. The second kappa shape index (κ2) is 51.0. The van der Waals surface area contributed by atoms with Crippen molar-refractivity contribution >= 4 is 134 Å². The van der Waals surface area contributed by atoms with Crippen LogP contribution in [0.15, 0.2) is 97.7 Å². The van der Waals surface area contributed by atoms with Crippen molar-refractivity contribution in [3.63, 3.8) is 0 Å². The largest absolute Gasteiger partial charge is 0.394 e. The highest BCUT2D eigenvalue weighted by atomic mass is 32.2. The predicted molar refractivity (Wildman–Crippen MR) is 499 cm³/mol. The summed E-state index contributed by atoms with van der Waals surface area (Å²) in [6.45, 7) is 6.06. The van der Waals surface area contributed by atoms with Gasteiger partial charge in [-0.1, -0.05) is 102 Å². The lowest BCUT2D eigenvalue weighted by atomic mass is 10.00. The lowest BCUT2D eigenvalue weighted by Crippen LogP contribution is -2.62. The first-order chi connectivity index (χ1) is 64.8. The molecule has 3 fully saturated rings. The summed E-state index contributed by atoms with van der Waals surface area (Å²) in [4.78, 5) is 255. The van der Waals surface area contributed by atoms with Crippen LogP contribution in [-0.4, -0.2) is 323 Å². The molecule has 0 bridgehead atoms. The van der Waals surface area contributed by atoms with Crippen molar-refractivity contribution in [1.82, 2.24) is 103 Å². The van der Waals surface area contributed by atoms with Crippen LogP contribution in [0.3, 0.4) is 0 Å². The third-order valence-electron chi connectivity index (χ3n) is 24.5. The number of halogens is 1. The van der Waals surface area contributed by atoms with Gasteiger partial charge in [-0.15, -0.1) is 11.8 Å². The summed E-state index contributed by atoms with van der Waals surface area (Å²) in [7, 11) is 3.98. The number of hydrogen-bond acceptors (Lipinski definition) is 23. The van der Waals surface area contributed by atoms with Crippen LogP contribution in [0.2, 0.25) is 0 Å². The normalized spacial score (nSPS) is 25.3. The number of thioether (sulfide) groups is 1. The fraction of sp³-hybridized carbons (Fsp3) is 0.538. The fourth-order valence-corrected chi connectivity index (χ4v) is 17.8. The number of amides is 16. The molecule has 3 aliphatic heterocycles. The van der Waals surface area contributed by atoms with E-state index in [1.807, 2.05) is 13.8 Å². The van der Waals surface area contributed by atoms with Gasteiger partial charge in [0.05, 0.1) is 49.8 Å². The number of aromatic amines is 3. The molecule has 3 aliphatic rings. The third kappa shape index (κ3) is 29.7. The number of imidazole rings is 1. The molecule has 0 aliphatic carbocycles. The molecule has 9 rings (SSSR count). The van der Waals surface area contributed by atoms with Crippen LogP contribution in [0, 0.1) is 17.1 Å². The number of para-hydroxylation sites is 2.